The number of nitrogens with two attached hydrogens (primary N) is 1. The Bertz CT molecular complexity index is 453. The molecule has 2 atom stereocenters. The molecule has 3 nitrogen and oxygen atoms in total. The summed E-state index contributed by atoms with van der Waals surface area (Å²) >= 11 is 0. The van der Waals surface area contributed by atoms with Gasteiger partial charge in [-0.3, -0.25) is 4.79 Å². The summed E-state index contributed by atoms with van der Waals surface area (Å²) in [6.07, 6.45) is 5.15. The topological polar surface area (TPSA) is 55.1 Å². The molecule has 3 heteroatoms. The Morgan fingerprint density at radius 3 is 2.58 bits per heavy atom. The van der Waals surface area contributed by atoms with E-state index in [1.165, 1.54) is 18.4 Å². The van der Waals surface area contributed by atoms with Crippen LogP contribution in [0, 0.1) is 5.92 Å². The standard InChI is InChI=1S/C16H22N2O/c17-14-7-6-12(10-14)15(19)18-11-16(8-9-16)13-4-2-1-3-5-13/h1-5,12,14H,6-11,17H2,(H,18,19). The van der Waals surface area contributed by atoms with Crippen LogP contribution in [0.4, 0.5) is 0 Å². The molecular formula is C16H22N2O. The summed E-state index contributed by atoms with van der Waals surface area (Å²) in [6, 6.07) is 10.8. The zero-order chi connectivity index (χ0) is 13.3. The molecule has 2 unspecified atom stereocenters. The van der Waals surface area contributed by atoms with Crippen molar-refractivity contribution in [1.82, 2.24) is 5.32 Å². The number of hydrogen-bond donors (Lipinski definition) is 2. The molecule has 1 amide bonds. The van der Waals surface area contributed by atoms with E-state index in [0.29, 0.717) is 0 Å². The lowest BCUT2D eigenvalue weighted by atomic mass is 9.95. The van der Waals surface area contributed by atoms with E-state index in [0.717, 1.165) is 25.8 Å². The molecule has 0 bridgehead atoms. The van der Waals surface area contributed by atoms with Crippen LogP contribution < -0.4 is 11.1 Å². The third-order valence-corrected chi connectivity index (χ3v) is 4.68. The van der Waals surface area contributed by atoms with Crippen LogP contribution in [0.2, 0.25) is 0 Å². The van der Waals surface area contributed by atoms with Gasteiger partial charge in [-0.15, -0.1) is 0 Å². The van der Waals surface area contributed by atoms with Crippen LogP contribution in [0.1, 0.15) is 37.7 Å². The van der Waals surface area contributed by atoms with Crippen LogP contribution in [0.3, 0.4) is 0 Å². The van der Waals surface area contributed by atoms with Gasteiger partial charge >= 0.3 is 0 Å². The molecule has 1 aromatic rings. The average molecular weight is 258 g/mol. The van der Waals surface area contributed by atoms with Crippen molar-refractivity contribution in [2.75, 3.05) is 6.54 Å². The molecule has 2 saturated carbocycles. The van der Waals surface area contributed by atoms with E-state index in [-0.39, 0.29) is 23.3 Å². The molecule has 0 spiro atoms. The molecule has 2 aliphatic carbocycles. The summed E-state index contributed by atoms with van der Waals surface area (Å²) < 4.78 is 0. The van der Waals surface area contributed by atoms with Crippen molar-refractivity contribution in [3.05, 3.63) is 35.9 Å². The van der Waals surface area contributed by atoms with E-state index < -0.39 is 0 Å². The summed E-state index contributed by atoms with van der Waals surface area (Å²) in [7, 11) is 0. The first-order chi connectivity index (χ1) is 9.20. The fourth-order valence-electron chi connectivity index (χ4n) is 3.17. The highest BCUT2D eigenvalue weighted by atomic mass is 16.1. The van der Waals surface area contributed by atoms with Gasteiger partial charge in [0.05, 0.1) is 0 Å². The number of amides is 1. The maximum Gasteiger partial charge on any atom is 0.223 e. The van der Waals surface area contributed by atoms with Crippen molar-refractivity contribution in [3.63, 3.8) is 0 Å². The first kappa shape index (κ1) is 12.7. The zero-order valence-corrected chi connectivity index (χ0v) is 11.3. The monoisotopic (exact) mass is 258 g/mol. The second kappa shape index (κ2) is 4.97. The van der Waals surface area contributed by atoms with E-state index in [9.17, 15) is 4.79 Å². The number of carbonyl (C=O) groups is 1. The molecule has 0 aromatic heterocycles. The van der Waals surface area contributed by atoms with E-state index >= 15 is 0 Å². The SMILES string of the molecule is NC1CCC(C(=O)NCC2(c3ccccc3)CC2)C1. The van der Waals surface area contributed by atoms with Gasteiger partial charge in [-0.25, -0.2) is 0 Å². The van der Waals surface area contributed by atoms with Gasteiger partial charge < -0.3 is 11.1 Å². The number of benzene rings is 1. The maximum absolute atomic E-state index is 12.1. The minimum Gasteiger partial charge on any atom is -0.355 e. The second-order valence-corrected chi connectivity index (χ2v) is 6.13. The summed E-state index contributed by atoms with van der Waals surface area (Å²) in [6.45, 7) is 0.779. The third kappa shape index (κ3) is 2.66. The highest BCUT2D eigenvalue weighted by Crippen LogP contribution is 2.47. The summed E-state index contributed by atoms with van der Waals surface area (Å²) in [5.41, 5.74) is 7.43. The predicted molar refractivity (Wildman–Crippen MR) is 75.7 cm³/mol. The lowest BCUT2D eigenvalue weighted by Gasteiger charge is -2.18. The molecule has 0 saturated heterocycles. The van der Waals surface area contributed by atoms with Crippen molar-refractivity contribution in [3.8, 4) is 0 Å². The van der Waals surface area contributed by atoms with Gasteiger partial charge in [-0.1, -0.05) is 30.3 Å². The van der Waals surface area contributed by atoms with Gasteiger partial charge in [0.2, 0.25) is 5.91 Å². The van der Waals surface area contributed by atoms with Crippen LogP contribution in [-0.2, 0) is 10.2 Å². The molecule has 0 heterocycles. The van der Waals surface area contributed by atoms with Crippen LogP contribution in [0.5, 0.6) is 0 Å². The van der Waals surface area contributed by atoms with E-state index in [4.69, 9.17) is 5.73 Å². The third-order valence-electron chi connectivity index (χ3n) is 4.68. The minimum absolute atomic E-state index is 0.140. The lowest BCUT2D eigenvalue weighted by molar-refractivity contribution is -0.124. The quantitative estimate of drug-likeness (QED) is 0.867. The Hall–Kier alpha value is -1.35. The Kier molecular flexibility index (Phi) is 3.31. The fraction of sp³-hybridized carbons (Fsp3) is 0.562. The van der Waals surface area contributed by atoms with Crippen LogP contribution in [0.15, 0.2) is 30.3 Å². The van der Waals surface area contributed by atoms with Crippen molar-refractivity contribution >= 4 is 5.91 Å². The van der Waals surface area contributed by atoms with Crippen LogP contribution in [0.25, 0.3) is 0 Å². The van der Waals surface area contributed by atoms with Crippen molar-refractivity contribution in [2.45, 2.75) is 43.6 Å². The highest BCUT2D eigenvalue weighted by Gasteiger charge is 2.44. The number of nitrogens with one attached hydrogen (secondary N) is 1. The van der Waals surface area contributed by atoms with Crippen molar-refractivity contribution in [1.29, 1.82) is 0 Å². The van der Waals surface area contributed by atoms with E-state index in [1.54, 1.807) is 0 Å². The van der Waals surface area contributed by atoms with Gasteiger partial charge in [-0.05, 0) is 37.7 Å². The summed E-state index contributed by atoms with van der Waals surface area (Å²) in [5, 5.41) is 3.15. The molecule has 3 rings (SSSR count). The molecule has 0 radical (unpaired) electrons. The Morgan fingerprint density at radius 1 is 1.26 bits per heavy atom. The molecular weight excluding hydrogens is 236 g/mol. The molecule has 1 aromatic carbocycles. The fourth-order valence-corrected chi connectivity index (χ4v) is 3.17. The molecule has 2 fully saturated rings. The zero-order valence-electron chi connectivity index (χ0n) is 11.3. The van der Waals surface area contributed by atoms with Gasteiger partial charge in [0.25, 0.3) is 0 Å². The Balaban J connectivity index is 1.56. The molecule has 2 aliphatic rings. The maximum atomic E-state index is 12.1. The summed E-state index contributed by atoms with van der Waals surface area (Å²) in [4.78, 5) is 12.1. The predicted octanol–water partition coefficient (Wildman–Crippen LogP) is 1.96. The van der Waals surface area contributed by atoms with Gasteiger partial charge in [0.15, 0.2) is 0 Å². The van der Waals surface area contributed by atoms with Gasteiger partial charge in [0.1, 0.15) is 0 Å². The van der Waals surface area contributed by atoms with Gasteiger partial charge in [-0.2, -0.15) is 0 Å². The molecule has 19 heavy (non-hydrogen) atoms. The summed E-state index contributed by atoms with van der Waals surface area (Å²) in [5.74, 6) is 0.344. The Labute approximate surface area is 114 Å². The number of carbonyl (C=O) groups excluding carboxylic acids is 1. The largest absolute Gasteiger partial charge is 0.355 e. The molecule has 0 aliphatic heterocycles. The normalized spacial score (nSPS) is 28.1. The van der Waals surface area contributed by atoms with Gasteiger partial charge in [0, 0.05) is 23.9 Å². The number of rotatable bonds is 4. The average Bonchev–Trinajstić information content (AvgIpc) is 3.12. The number of hydrogen-bond acceptors (Lipinski definition) is 2. The smallest absolute Gasteiger partial charge is 0.223 e. The molecule has 3 N–H and O–H groups in total. The highest BCUT2D eigenvalue weighted by molar-refractivity contribution is 5.79. The first-order valence-electron chi connectivity index (χ1n) is 7.28. The minimum atomic E-state index is 0.140. The lowest BCUT2D eigenvalue weighted by Crippen LogP contribution is -2.36. The van der Waals surface area contributed by atoms with Crippen LogP contribution >= 0.6 is 0 Å². The molecule has 102 valence electrons. The van der Waals surface area contributed by atoms with Crippen LogP contribution in [-0.4, -0.2) is 18.5 Å². The Morgan fingerprint density at radius 2 is 2.00 bits per heavy atom. The van der Waals surface area contributed by atoms with E-state index in [1.807, 2.05) is 6.07 Å². The van der Waals surface area contributed by atoms with Crippen molar-refractivity contribution < 1.29 is 4.79 Å². The van der Waals surface area contributed by atoms with E-state index in [2.05, 4.69) is 29.6 Å². The second-order valence-electron chi connectivity index (χ2n) is 6.13. The van der Waals surface area contributed by atoms with Crippen molar-refractivity contribution in [2.24, 2.45) is 11.7 Å². The first-order valence-corrected chi connectivity index (χ1v) is 7.28.